The second-order valence-corrected chi connectivity index (χ2v) is 3.29. The molecule has 0 saturated carbocycles. The number of nitrogens with one attached hydrogen (secondary N) is 1. The van der Waals surface area contributed by atoms with E-state index in [0.717, 1.165) is 0 Å². The Labute approximate surface area is 96.6 Å². The lowest BCUT2D eigenvalue weighted by Gasteiger charge is -2.13. The van der Waals surface area contributed by atoms with Crippen molar-refractivity contribution in [2.24, 2.45) is 0 Å². The number of halogens is 3. The zero-order valence-corrected chi connectivity index (χ0v) is 9.17. The lowest BCUT2D eigenvalue weighted by Crippen LogP contribution is -2.23. The third-order valence-corrected chi connectivity index (χ3v) is 2.00. The summed E-state index contributed by atoms with van der Waals surface area (Å²) in [6.45, 7) is 1.67. The quantitative estimate of drug-likeness (QED) is 0.888. The molecule has 0 unspecified atom stereocenters. The Kier molecular flexibility index (Phi) is 4.37. The summed E-state index contributed by atoms with van der Waals surface area (Å²) in [5.41, 5.74) is 0.284. The van der Waals surface area contributed by atoms with E-state index in [1.54, 1.807) is 13.0 Å². The van der Waals surface area contributed by atoms with Crippen molar-refractivity contribution in [1.29, 1.82) is 0 Å². The van der Waals surface area contributed by atoms with Crippen LogP contribution < -0.4 is 10.1 Å². The van der Waals surface area contributed by atoms with Gasteiger partial charge in [0, 0.05) is 18.5 Å². The number of alkyl halides is 3. The van der Waals surface area contributed by atoms with Gasteiger partial charge in [-0.15, -0.1) is 13.2 Å². The molecule has 1 aromatic rings. The highest BCUT2D eigenvalue weighted by molar-refractivity contribution is 5.75. The van der Waals surface area contributed by atoms with E-state index < -0.39 is 6.36 Å². The van der Waals surface area contributed by atoms with Gasteiger partial charge in [-0.05, 0) is 6.07 Å². The smallest absolute Gasteiger partial charge is 0.405 e. The van der Waals surface area contributed by atoms with Gasteiger partial charge in [-0.3, -0.25) is 4.79 Å². The average Bonchev–Trinajstić information content (AvgIpc) is 2.25. The van der Waals surface area contributed by atoms with Gasteiger partial charge in [-0.1, -0.05) is 25.1 Å². The Balaban J connectivity index is 2.74. The van der Waals surface area contributed by atoms with Gasteiger partial charge in [0.25, 0.3) is 0 Å². The molecule has 0 aliphatic heterocycles. The van der Waals surface area contributed by atoms with E-state index in [1.807, 2.05) is 0 Å². The molecule has 0 atom stereocenters. The Morgan fingerprint density at radius 1 is 1.35 bits per heavy atom. The van der Waals surface area contributed by atoms with Gasteiger partial charge in [0.15, 0.2) is 0 Å². The predicted octanol–water partition coefficient (Wildman–Crippen LogP) is 2.61. The van der Waals surface area contributed by atoms with E-state index in [0.29, 0.717) is 0 Å². The van der Waals surface area contributed by atoms with E-state index >= 15 is 0 Å². The van der Waals surface area contributed by atoms with Crippen LogP contribution >= 0.6 is 0 Å². The second-order valence-electron chi connectivity index (χ2n) is 3.29. The average molecular weight is 247 g/mol. The Morgan fingerprint density at radius 3 is 2.59 bits per heavy atom. The fraction of sp³-hybridized carbons (Fsp3) is 0.364. The van der Waals surface area contributed by atoms with Crippen LogP contribution in [0, 0.1) is 0 Å². The Hall–Kier alpha value is -1.72. The minimum Gasteiger partial charge on any atom is -0.405 e. The topological polar surface area (TPSA) is 38.3 Å². The van der Waals surface area contributed by atoms with E-state index in [-0.39, 0.29) is 30.2 Å². The highest BCUT2D eigenvalue weighted by atomic mass is 19.4. The van der Waals surface area contributed by atoms with Crippen molar-refractivity contribution in [3.8, 4) is 5.75 Å². The van der Waals surface area contributed by atoms with Gasteiger partial charge < -0.3 is 10.1 Å². The molecule has 0 saturated heterocycles. The molecule has 1 amide bonds. The van der Waals surface area contributed by atoms with Crippen molar-refractivity contribution in [1.82, 2.24) is 5.32 Å². The molecular formula is C11H12F3NO2. The Morgan fingerprint density at radius 2 is 2.00 bits per heavy atom. The number of benzene rings is 1. The van der Waals surface area contributed by atoms with Gasteiger partial charge in [-0.2, -0.15) is 0 Å². The van der Waals surface area contributed by atoms with E-state index in [1.165, 1.54) is 18.2 Å². The third-order valence-electron chi connectivity index (χ3n) is 2.00. The summed E-state index contributed by atoms with van der Waals surface area (Å²) in [5, 5.41) is 2.49. The molecule has 0 bridgehead atoms. The lowest BCUT2D eigenvalue weighted by molar-refractivity contribution is -0.274. The third kappa shape index (κ3) is 4.76. The zero-order chi connectivity index (χ0) is 12.9. The van der Waals surface area contributed by atoms with Gasteiger partial charge in [-0.25, -0.2) is 0 Å². The summed E-state index contributed by atoms with van der Waals surface area (Å²) in [4.78, 5) is 11.0. The van der Waals surface area contributed by atoms with E-state index in [2.05, 4.69) is 10.1 Å². The molecule has 1 aromatic carbocycles. The van der Waals surface area contributed by atoms with Crippen LogP contribution in [0.25, 0.3) is 0 Å². The van der Waals surface area contributed by atoms with Gasteiger partial charge in [0.2, 0.25) is 5.91 Å². The summed E-state index contributed by atoms with van der Waals surface area (Å²) < 4.78 is 40.1. The van der Waals surface area contributed by atoms with Crippen LogP contribution in [0.5, 0.6) is 5.75 Å². The zero-order valence-electron chi connectivity index (χ0n) is 9.17. The number of carbonyl (C=O) groups is 1. The molecule has 0 aliphatic rings. The molecule has 1 N–H and O–H groups in total. The standard InChI is InChI=1S/C11H12F3NO2/c1-2-10(16)15-7-8-5-3-4-6-9(8)17-11(12,13)14/h3-6H,2,7H2,1H3,(H,15,16). The minimum atomic E-state index is -4.73. The highest BCUT2D eigenvalue weighted by Gasteiger charge is 2.31. The lowest BCUT2D eigenvalue weighted by atomic mass is 10.2. The van der Waals surface area contributed by atoms with Crippen molar-refractivity contribution >= 4 is 5.91 Å². The first-order valence-corrected chi connectivity index (χ1v) is 5.02. The minimum absolute atomic E-state index is 0.0128. The van der Waals surface area contributed by atoms with Gasteiger partial charge in [0.1, 0.15) is 5.75 Å². The largest absolute Gasteiger partial charge is 0.573 e. The van der Waals surface area contributed by atoms with Crippen LogP contribution in [0.1, 0.15) is 18.9 Å². The molecule has 94 valence electrons. The number of hydrogen-bond donors (Lipinski definition) is 1. The molecule has 3 nitrogen and oxygen atoms in total. The van der Waals surface area contributed by atoms with Crippen LogP contribution in [0.15, 0.2) is 24.3 Å². The summed E-state index contributed by atoms with van der Waals surface area (Å²) in [7, 11) is 0. The normalized spacial score (nSPS) is 11.1. The maximum Gasteiger partial charge on any atom is 0.573 e. The molecule has 17 heavy (non-hydrogen) atoms. The van der Waals surface area contributed by atoms with E-state index in [4.69, 9.17) is 0 Å². The molecule has 0 aliphatic carbocycles. The number of para-hydroxylation sites is 1. The van der Waals surface area contributed by atoms with Crippen LogP contribution in [0.2, 0.25) is 0 Å². The number of carbonyl (C=O) groups excluding carboxylic acids is 1. The first-order chi connectivity index (χ1) is 7.92. The molecule has 0 spiro atoms. The summed E-state index contributed by atoms with van der Waals surface area (Å²) in [6.07, 6.45) is -4.45. The second kappa shape index (κ2) is 5.56. The molecule has 6 heteroatoms. The highest BCUT2D eigenvalue weighted by Crippen LogP contribution is 2.25. The first-order valence-electron chi connectivity index (χ1n) is 5.02. The van der Waals surface area contributed by atoms with Crippen molar-refractivity contribution in [3.63, 3.8) is 0 Å². The van der Waals surface area contributed by atoms with Crippen LogP contribution in [0.4, 0.5) is 13.2 Å². The fourth-order valence-corrected chi connectivity index (χ4v) is 1.19. The van der Waals surface area contributed by atoms with E-state index in [9.17, 15) is 18.0 Å². The van der Waals surface area contributed by atoms with Gasteiger partial charge >= 0.3 is 6.36 Å². The summed E-state index contributed by atoms with van der Waals surface area (Å²) >= 11 is 0. The number of ether oxygens (including phenoxy) is 1. The fourth-order valence-electron chi connectivity index (χ4n) is 1.19. The number of rotatable bonds is 4. The van der Waals surface area contributed by atoms with Crippen molar-refractivity contribution in [3.05, 3.63) is 29.8 Å². The number of amides is 1. The van der Waals surface area contributed by atoms with Crippen LogP contribution in [-0.2, 0) is 11.3 Å². The maximum atomic E-state index is 12.1. The molecule has 0 radical (unpaired) electrons. The Bertz CT molecular complexity index is 391. The molecular weight excluding hydrogens is 235 g/mol. The first kappa shape index (κ1) is 13.3. The van der Waals surface area contributed by atoms with Crippen LogP contribution in [-0.4, -0.2) is 12.3 Å². The van der Waals surface area contributed by atoms with Gasteiger partial charge in [0.05, 0.1) is 0 Å². The molecule has 0 fully saturated rings. The summed E-state index contributed by atoms with van der Waals surface area (Å²) in [5.74, 6) is -0.525. The van der Waals surface area contributed by atoms with Crippen molar-refractivity contribution in [2.45, 2.75) is 26.3 Å². The van der Waals surface area contributed by atoms with Crippen LogP contribution in [0.3, 0.4) is 0 Å². The van der Waals surface area contributed by atoms with Crippen molar-refractivity contribution in [2.75, 3.05) is 0 Å². The monoisotopic (exact) mass is 247 g/mol. The predicted molar refractivity (Wildman–Crippen MR) is 55.3 cm³/mol. The van der Waals surface area contributed by atoms with Crippen molar-refractivity contribution < 1.29 is 22.7 Å². The molecule has 0 heterocycles. The molecule has 1 rings (SSSR count). The maximum absolute atomic E-state index is 12.1. The molecule has 0 aromatic heterocycles. The SMILES string of the molecule is CCC(=O)NCc1ccccc1OC(F)(F)F. The summed E-state index contributed by atoms with van der Waals surface area (Å²) in [6, 6.07) is 5.70. The number of hydrogen-bond acceptors (Lipinski definition) is 2.